The van der Waals surface area contributed by atoms with E-state index in [9.17, 15) is 4.79 Å². The Labute approximate surface area is 147 Å². The van der Waals surface area contributed by atoms with Gasteiger partial charge >= 0.3 is 0 Å². The molecule has 0 bridgehead atoms. The van der Waals surface area contributed by atoms with Gasteiger partial charge in [0.15, 0.2) is 0 Å². The molecule has 25 heavy (non-hydrogen) atoms. The van der Waals surface area contributed by atoms with Crippen molar-refractivity contribution < 1.29 is 4.79 Å². The van der Waals surface area contributed by atoms with Crippen molar-refractivity contribution in [2.24, 2.45) is 0 Å². The van der Waals surface area contributed by atoms with Gasteiger partial charge in [-0.15, -0.1) is 0 Å². The molecule has 6 nitrogen and oxygen atoms in total. The van der Waals surface area contributed by atoms with Gasteiger partial charge in [-0.2, -0.15) is 0 Å². The number of carbonyl (C=O) groups is 1. The predicted molar refractivity (Wildman–Crippen MR) is 99.7 cm³/mol. The normalized spacial score (nSPS) is 12.2. The molecule has 0 saturated carbocycles. The number of H-pyrrole nitrogens is 1. The van der Waals surface area contributed by atoms with Gasteiger partial charge in [0.2, 0.25) is 5.91 Å². The summed E-state index contributed by atoms with van der Waals surface area (Å²) < 4.78 is 0. The lowest BCUT2D eigenvalue weighted by Gasteiger charge is -2.20. The molecule has 3 aromatic rings. The lowest BCUT2D eigenvalue weighted by atomic mass is 10.0. The van der Waals surface area contributed by atoms with Crippen molar-refractivity contribution in [3.05, 3.63) is 53.6 Å². The molecule has 2 aromatic heterocycles. The fourth-order valence-corrected chi connectivity index (χ4v) is 2.98. The van der Waals surface area contributed by atoms with E-state index in [4.69, 9.17) is 0 Å². The molecule has 2 heterocycles. The Morgan fingerprint density at radius 1 is 1.28 bits per heavy atom. The first-order valence-electron chi connectivity index (χ1n) is 8.29. The van der Waals surface area contributed by atoms with Crippen LogP contribution in [0, 0.1) is 6.92 Å². The van der Waals surface area contributed by atoms with Crippen LogP contribution in [-0.4, -0.2) is 35.0 Å². The molecule has 6 heteroatoms. The lowest BCUT2D eigenvalue weighted by Crippen LogP contribution is -2.29. The molecule has 0 saturated heterocycles. The van der Waals surface area contributed by atoms with Gasteiger partial charge < -0.3 is 15.2 Å². The molecule has 1 unspecified atom stereocenters. The fourth-order valence-electron chi connectivity index (χ4n) is 2.98. The summed E-state index contributed by atoms with van der Waals surface area (Å²) in [6.07, 6.45) is 2.66. The van der Waals surface area contributed by atoms with E-state index in [1.807, 2.05) is 56.4 Å². The minimum absolute atomic E-state index is 0.0764. The van der Waals surface area contributed by atoms with Crippen LogP contribution >= 0.6 is 0 Å². The Balaban J connectivity index is 1.99. The second-order valence-corrected chi connectivity index (χ2v) is 6.41. The monoisotopic (exact) mass is 337 g/mol. The zero-order valence-corrected chi connectivity index (χ0v) is 15.0. The number of anilines is 1. The van der Waals surface area contributed by atoms with E-state index in [0.717, 1.165) is 28.0 Å². The van der Waals surface area contributed by atoms with Crippen molar-refractivity contribution in [3.8, 4) is 0 Å². The Kier molecular flexibility index (Phi) is 4.70. The lowest BCUT2D eigenvalue weighted by molar-refractivity contribution is -0.119. The van der Waals surface area contributed by atoms with Crippen LogP contribution in [-0.2, 0) is 11.2 Å². The minimum atomic E-state index is -0.211. The molecule has 130 valence electrons. The average molecular weight is 337 g/mol. The molecule has 0 spiro atoms. The van der Waals surface area contributed by atoms with E-state index in [1.165, 1.54) is 6.92 Å². The van der Waals surface area contributed by atoms with Gasteiger partial charge in [-0.05, 0) is 18.6 Å². The standard InChI is InChI=1S/C19H23N5O/c1-12-21-18(10-19(22-12)24(3)4)17(23-13(2)25)9-14-11-20-16-8-6-5-7-15(14)16/h5-8,10-11,17,20H,9H2,1-4H3,(H,23,25). The maximum Gasteiger partial charge on any atom is 0.217 e. The molecule has 0 aliphatic rings. The van der Waals surface area contributed by atoms with E-state index in [2.05, 4.69) is 26.3 Å². The number of aromatic amines is 1. The summed E-state index contributed by atoms with van der Waals surface area (Å²) in [5, 5.41) is 4.19. The smallest absolute Gasteiger partial charge is 0.217 e. The third-order valence-corrected chi connectivity index (χ3v) is 4.14. The van der Waals surface area contributed by atoms with E-state index < -0.39 is 0 Å². The molecule has 1 amide bonds. The fraction of sp³-hybridized carbons (Fsp3) is 0.316. The van der Waals surface area contributed by atoms with Gasteiger partial charge in [0.05, 0.1) is 11.7 Å². The summed E-state index contributed by atoms with van der Waals surface area (Å²) in [5.74, 6) is 1.44. The second kappa shape index (κ2) is 6.93. The number of nitrogens with one attached hydrogen (secondary N) is 2. The SMILES string of the molecule is CC(=O)NC(Cc1c[nH]c2ccccc12)c1cc(N(C)C)nc(C)n1. The first-order chi connectivity index (χ1) is 11.9. The number of aromatic nitrogens is 3. The zero-order chi connectivity index (χ0) is 18.0. The highest BCUT2D eigenvalue weighted by atomic mass is 16.1. The number of carbonyl (C=O) groups excluding carboxylic acids is 1. The van der Waals surface area contributed by atoms with E-state index in [0.29, 0.717) is 12.2 Å². The highest BCUT2D eigenvalue weighted by molar-refractivity contribution is 5.83. The molecule has 3 rings (SSSR count). The molecular weight excluding hydrogens is 314 g/mol. The summed E-state index contributed by atoms with van der Waals surface area (Å²) in [7, 11) is 3.89. The summed E-state index contributed by atoms with van der Waals surface area (Å²) in [5.41, 5.74) is 3.06. The van der Waals surface area contributed by atoms with Crippen molar-refractivity contribution in [3.63, 3.8) is 0 Å². The Morgan fingerprint density at radius 3 is 2.76 bits per heavy atom. The molecule has 0 fully saturated rings. The molecule has 0 aliphatic heterocycles. The summed E-state index contributed by atoms with van der Waals surface area (Å²) >= 11 is 0. The molecule has 1 aromatic carbocycles. The van der Waals surface area contributed by atoms with E-state index in [1.54, 1.807) is 0 Å². The first kappa shape index (κ1) is 17.0. The number of fused-ring (bicyclic) bond motifs is 1. The number of amides is 1. The first-order valence-corrected chi connectivity index (χ1v) is 8.29. The van der Waals surface area contributed by atoms with Gasteiger partial charge in [0.25, 0.3) is 0 Å². The van der Waals surface area contributed by atoms with Crippen LogP contribution in [0.2, 0.25) is 0 Å². The van der Waals surface area contributed by atoms with Gasteiger partial charge in [-0.1, -0.05) is 18.2 Å². The topological polar surface area (TPSA) is 73.9 Å². The van der Waals surface area contributed by atoms with Crippen LogP contribution in [0.15, 0.2) is 36.5 Å². The molecule has 1 atom stereocenters. The summed E-state index contributed by atoms with van der Waals surface area (Å²) in [6.45, 7) is 3.40. The Hall–Kier alpha value is -2.89. The summed E-state index contributed by atoms with van der Waals surface area (Å²) in [4.78, 5) is 26.0. The number of rotatable bonds is 5. The van der Waals surface area contributed by atoms with Crippen LogP contribution in [0.25, 0.3) is 10.9 Å². The number of hydrogen-bond donors (Lipinski definition) is 2. The van der Waals surface area contributed by atoms with Crippen molar-refractivity contribution >= 4 is 22.6 Å². The van der Waals surface area contributed by atoms with Gasteiger partial charge in [0, 0.05) is 50.6 Å². The average Bonchev–Trinajstić information content (AvgIpc) is 2.96. The quantitative estimate of drug-likeness (QED) is 0.751. The van der Waals surface area contributed by atoms with Gasteiger partial charge in [0.1, 0.15) is 11.6 Å². The van der Waals surface area contributed by atoms with Gasteiger partial charge in [-0.25, -0.2) is 9.97 Å². The number of aryl methyl sites for hydroxylation is 1. The van der Waals surface area contributed by atoms with E-state index >= 15 is 0 Å². The maximum atomic E-state index is 11.8. The molecule has 0 radical (unpaired) electrons. The zero-order valence-electron chi connectivity index (χ0n) is 15.0. The number of nitrogens with zero attached hydrogens (tertiary/aromatic N) is 3. The van der Waals surface area contributed by atoms with Gasteiger partial charge in [-0.3, -0.25) is 4.79 Å². The van der Waals surface area contributed by atoms with Crippen molar-refractivity contribution in [1.82, 2.24) is 20.3 Å². The van der Waals surface area contributed by atoms with Crippen LogP contribution in [0.3, 0.4) is 0 Å². The maximum absolute atomic E-state index is 11.8. The highest BCUT2D eigenvalue weighted by Gasteiger charge is 2.19. The highest BCUT2D eigenvalue weighted by Crippen LogP contribution is 2.25. The Morgan fingerprint density at radius 2 is 2.04 bits per heavy atom. The second-order valence-electron chi connectivity index (χ2n) is 6.41. The van der Waals surface area contributed by atoms with Crippen LogP contribution in [0.1, 0.15) is 30.0 Å². The van der Waals surface area contributed by atoms with Crippen LogP contribution in [0.4, 0.5) is 5.82 Å². The number of benzene rings is 1. The van der Waals surface area contributed by atoms with Crippen LogP contribution in [0.5, 0.6) is 0 Å². The molecule has 2 N–H and O–H groups in total. The molecule has 0 aliphatic carbocycles. The third kappa shape index (κ3) is 3.79. The van der Waals surface area contributed by atoms with Crippen molar-refractivity contribution in [2.45, 2.75) is 26.3 Å². The Bertz CT molecular complexity index is 900. The number of para-hydroxylation sites is 1. The van der Waals surface area contributed by atoms with Crippen molar-refractivity contribution in [1.29, 1.82) is 0 Å². The van der Waals surface area contributed by atoms with Crippen molar-refractivity contribution in [2.75, 3.05) is 19.0 Å². The van der Waals surface area contributed by atoms with E-state index in [-0.39, 0.29) is 11.9 Å². The molecular formula is C19H23N5O. The van der Waals surface area contributed by atoms with Crippen LogP contribution < -0.4 is 10.2 Å². The predicted octanol–water partition coefficient (Wildman–Crippen LogP) is 2.75. The largest absolute Gasteiger partial charge is 0.363 e. The summed E-state index contributed by atoms with van der Waals surface area (Å²) in [6, 6.07) is 9.88. The number of hydrogen-bond acceptors (Lipinski definition) is 4. The minimum Gasteiger partial charge on any atom is -0.363 e. The third-order valence-electron chi connectivity index (χ3n) is 4.14.